The number of carbonyl (C=O) groups excluding carboxylic acids is 1. The van der Waals surface area contributed by atoms with Crippen LogP contribution in [0.4, 0.5) is 11.5 Å². The molecule has 3 rings (SSSR count). The zero-order valence-electron chi connectivity index (χ0n) is 18.7. The van der Waals surface area contributed by atoms with Crippen LogP contribution in [0, 0.1) is 11.8 Å². The molecule has 0 bridgehead atoms. The molecular formula is C22H38N5O3+. The van der Waals surface area contributed by atoms with Crippen molar-refractivity contribution >= 4 is 17.4 Å². The van der Waals surface area contributed by atoms with E-state index in [1.54, 1.807) is 4.90 Å². The number of rotatable bonds is 7. The Balaban J connectivity index is 1.95. The monoisotopic (exact) mass is 420 g/mol. The Labute approximate surface area is 178 Å². The van der Waals surface area contributed by atoms with Crippen LogP contribution < -0.4 is 26.8 Å². The average Bonchev–Trinajstić information content (AvgIpc) is 3.18. The minimum Gasteiger partial charge on any atom is -0.383 e. The fourth-order valence-electron chi connectivity index (χ4n) is 5.39. The van der Waals surface area contributed by atoms with Crippen molar-refractivity contribution in [2.45, 2.75) is 78.3 Å². The third kappa shape index (κ3) is 4.96. The highest BCUT2D eigenvalue weighted by molar-refractivity contribution is 5.96. The van der Waals surface area contributed by atoms with Gasteiger partial charge in [-0.05, 0) is 25.7 Å². The lowest BCUT2D eigenvalue weighted by molar-refractivity contribution is -0.904. The first-order valence-corrected chi connectivity index (χ1v) is 11.6. The number of hydrogen-bond donors (Lipinski definition) is 3. The number of nitrogens with zero attached hydrogens (tertiary/aromatic N) is 2. The number of nitrogen functional groups attached to an aromatic ring is 1. The van der Waals surface area contributed by atoms with Gasteiger partial charge in [0.2, 0.25) is 0 Å². The molecule has 1 saturated carbocycles. The molecule has 1 aliphatic heterocycles. The number of carbonyl (C=O) groups is 1. The topological polar surface area (TPSA) is 106 Å². The molecule has 2 heterocycles. The minimum atomic E-state index is -0.555. The zero-order valence-corrected chi connectivity index (χ0v) is 18.7. The van der Waals surface area contributed by atoms with Crippen LogP contribution >= 0.6 is 0 Å². The van der Waals surface area contributed by atoms with Gasteiger partial charge in [0.1, 0.15) is 5.82 Å². The van der Waals surface area contributed by atoms with Gasteiger partial charge in [-0.3, -0.25) is 24.0 Å². The van der Waals surface area contributed by atoms with Gasteiger partial charge in [-0.1, -0.05) is 40.0 Å². The first-order chi connectivity index (χ1) is 14.3. The van der Waals surface area contributed by atoms with Crippen LogP contribution in [-0.4, -0.2) is 41.1 Å². The number of aromatic nitrogens is 2. The molecule has 0 radical (unpaired) electrons. The SMILES string of the molecule is CCCCn1c(N)c(N(C(=O)C[NH+]2C[C@H](C)C[C@H](C)C2)C2CCCC2)c(=O)[nH]c1=O. The Bertz CT molecular complexity index is 845. The van der Waals surface area contributed by atoms with E-state index >= 15 is 0 Å². The maximum atomic E-state index is 13.5. The summed E-state index contributed by atoms with van der Waals surface area (Å²) in [5, 5.41) is 0. The number of unbranched alkanes of at least 4 members (excludes halogenated alkanes) is 1. The van der Waals surface area contributed by atoms with Crippen molar-refractivity contribution in [3.63, 3.8) is 0 Å². The highest BCUT2D eigenvalue weighted by Crippen LogP contribution is 2.29. The van der Waals surface area contributed by atoms with E-state index in [-0.39, 0.29) is 23.5 Å². The van der Waals surface area contributed by atoms with Crippen molar-refractivity contribution in [3.8, 4) is 0 Å². The Morgan fingerprint density at radius 1 is 1.20 bits per heavy atom. The molecule has 1 aliphatic carbocycles. The van der Waals surface area contributed by atoms with Gasteiger partial charge in [0, 0.05) is 24.4 Å². The number of H-pyrrole nitrogens is 1. The zero-order chi connectivity index (χ0) is 21.8. The van der Waals surface area contributed by atoms with E-state index < -0.39 is 11.2 Å². The molecule has 1 aromatic heterocycles. The van der Waals surface area contributed by atoms with E-state index in [1.807, 2.05) is 6.92 Å². The predicted molar refractivity (Wildman–Crippen MR) is 119 cm³/mol. The summed E-state index contributed by atoms with van der Waals surface area (Å²) in [6.07, 6.45) is 6.67. The summed E-state index contributed by atoms with van der Waals surface area (Å²) in [5.41, 5.74) is 5.46. The molecule has 30 heavy (non-hydrogen) atoms. The molecule has 4 N–H and O–H groups in total. The summed E-state index contributed by atoms with van der Waals surface area (Å²) < 4.78 is 1.41. The van der Waals surface area contributed by atoms with Crippen molar-refractivity contribution in [1.82, 2.24) is 9.55 Å². The number of nitrogens with two attached hydrogens (primary N) is 1. The maximum absolute atomic E-state index is 13.5. The Kier molecular flexibility index (Phi) is 7.39. The van der Waals surface area contributed by atoms with E-state index in [0.29, 0.717) is 24.9 Å². The smallest absolute Gasteiger partial charge is 0.330 e. The van der Waals surface area contributed by atoms with Crippen LogP contribution in [0.25, 0.3) is 0 Å². The van der Waals surface area contributed by atoms with Gasteiger partial charge in [0.25, 0.3) is 11.5 Å². The highest BCUT2D eigenvalue weighted by Gasteiger charge is 2.35. The van der Waals surface area contributed by atoms with Crippen LogP contribution in [0.1, 0.15) is 65.7 Å². The van der Waals surface area contributed by atoms with E-state index in [1.165, 1.54) is 15.9 Å². The van der Waals surface area contributed by atoms with Crippen LogP contribution in [0.2, 0.25) is 0 Å². The summed E-state index contributed by atoms with van der Waals surface area (Å²) in [6, 6.07) is -0.0305. The fourth-order valence-corrected chi connectivity index (χ4v) is 5.39. The standard InChI is InChI=1S/C22H37N5O3/c1-4-5-10-26-20(23)19(21(29)24-22(26)30)27(17-8-6-7-9-17)18(28)14-25-12-15(2)11-16(3)13-25/h15-17H,4-14,23H2,1-3H3,(H,24,29,30)/p+1/t15-,16+. The van der Waals surface area contributed by atoms with Gasteiger partial charge in [0.05, 0.1) is 13.1 Å². The molecule has 8 nitrogen and oxygen atoms in total. The van der Waals surface area contributed by atoms with Crippen molar-refractivity contribution in [1.29, 1.82) is 0 Å². The van der Waals surface area contributed by atoms with Crippen molar-refractivity contribution in [3.05, 3.63) is 20.8 Å². The molecule has 168 valence electrons. The van der Waals surface area contributed by atoms with Gasteiger partial charge < -0.3 is 10.6 Å². The summed E-state index contributed by atoms with van der Waals surface area (Å²) in [6.45, 7) is 9.24. The van der Waals surface area contributed by atoms with Crippen LogP contribution in [0.15, 0.2) is 9.59 Å². The summed E-state index contributed by atoms with van der Waals surface area (Å²) >= 11 is 0. The van der Waals surface area contributed by atoms with E-state index in [2.05, 4.69) is 18.8 Å². The molecule has 1 amide bonds. The van der Waals surface area contributed by atoms with Crippen molar-refractivity contribution in [2.75, 3.05) is 30.3 Å². The predicted octanol–water partition coefficient (Wildman–Crippen LogP) is 0.755. The minimum absolute atomic E-state index is 0.0305. The number of quaternary nitrogens is 1. The molecule has 2 fully saturated rings. The van der Waals surface area contributed by atoms with Crippen LogP contribution in [0.3, 0.4) is 0 Å². The molecule has 0 spiro atoms. The largest absolute Gasteiger partial charge is 0.383 e. The van der Waals surface area contributed by atoms with E-state index in [9.17, 15) is 14.4 Å². The molecular weight excluding hydrogens is 382 g/mol. The van der Waals surface area contributed by atoms with Gasteiger partial charge in [0.15, 0.2) is 12.2 Å². The van der Waals surface area contributed by atoms with Crippen molar-refractivity contribution in [2.24, 2.45) is 11.8 Å². The number of nitrogens with one attached hydrogen (secondary N) is 2. The third-order valence-electron chi connectivity index (χ3n) is 6.63. The Hall–Kier alpha value is -2.09. The summed E-state index contributed by atoms with van der Waals surface area (Å²) in [7, 11) is 0. The van der Waals surface area contributed by atoms with Crippen LogP contribution in [0.5, 0.6) is 0 Å². The quantitative estimate of drug-likeness (QED) is 0.605. The summed E-state index contributed by atoms with van der Waals surface area (Å²) in [4.78, 5) is 44.0. The van der Waals surface area contributed by atoms with E-state index in [4.69, 9.17) is 5.73 Å². The molecule has 8 heteroatoms. The second-order valence-electron chi connectivity index (χ2n) is 9.48. The molecule has 1 aromatic rings. The highest BCUT2D eigenvalue weighted by atomic mass is 16.2. The number of anilines is 2. The summed E-state index contributed by atoms with van der Waals surface area (Å²) in [5.74, 6) is 1.23. The van der Waals surface area contributed by atoms with Gasteiger partial charge in [-0.25, -0.2) is 4.79 Å². The fraction of sp³-hybridized carbons (Fsp3) is 0.773. The van der Waals surface area contributed by atoms with E-state index in [0.717, 1.165) is 51.6 Å². The number of likely N-dealkylation sites (tertiary alicyclic amines) is 1. The Morgan fingerprint density at radius 3 is 2.43 bits per heavy atom. The number of hydrogen-bond acceptors (Lipinski definition) is 4. The van der Waals surface area contributed by atoms with Crippen LogP contribution in [-0.2, 0) is 11.3 Å². The second kappa shape index (κ2) is 9.81. The third-order valence-corrected chi connectivity index (χ3v) is 6.63. The first-order valence-electron chi connectivity index (χ1n) is 11.6. The van der Waals surface area contributed by atoms with Crippen molar-refractivity contribution < 1.29 is 9.69 Å². The number of piperidine rings is 1. The lowest BCUT2D eigenvalue weighted by Gasteiger charge is -2.34. The normalized spacial score (nSPS) is 24.8. The first kappa shape index (κ1) is 22.6. The lowest BCUT2D eigenvalue weighted by atomic mass is 9.92. The van der Waals surface area contributed by atoms with Gasteiger partial charge >= 0.3 is 5.69 Å². The van der Waals surface area contributed by atoms with Gasteiger partial charge in [-0.2, -0.15) is 0 Å². The average molecular weight is 421 g/mol. The molecule has 1 unspecified atom stereocenters. The number of amides is 1. The van der Waals surface area contributed by atoms with Gasteiger partial charge in [-0.15, -0.1) is 0 Å². The lowest BCUT2D eigenvalue weighted by Crippen LogP contribution is -3.15. The number of aromatic amines is 1. The Morgan fingerprint density at radius 2 is 1.83 bits per heavy atom. The molecule has 1 saturated heterocycles. The maximum Gasteiger partial charge on any atom is 0.330 e. The molecule has 0 aromatic carbocycles. The molecule has 3 atom stereocenters. The second-order valence-corrected chi connectivity index (χ2v) is 9.48. The molecule has 2 aliphatic rings.